The van der Waals surface area contributed by atoms with Gasteiger partial charge in [-0.25, -0.2) is 0 Å². The van der Waals surface area contributed by atoms with Gasteiger partial charge in [0, 0.05) is 25.3 Å². The Balaban J connectivity index is 1.62. The van der Waals surface area contributed by atoms with Crippen LogP contribution >= 0.6 is 0 Å². The van der Waals surface area contributed by atoms with Crippen molar-refractivity contribution in [2.75, 3.05) is 27.2 Å². The molecule has 32 heavy (non-hydrogen) atoms. The maximum Gasteiger partial charge on any atom is 0.0659 e. The van der Waals surface area contributed by atoms with Crippen molar-refractivity contribution in [3.05, 3.63) is 70.6 Å². The Labute approximate surface area is 193 Å². The number of nitrogens with one attached hydrogen (secondary N) is 2. The highest BCUT2D eigenvalue weighted by Crippen LogP contribution is 2.47. The number of hydrogen-bond donors (Lipinski definition) is 2. The van der Waals surface area contributed by atoms with Crippen LogP contribution in [0.3, 0.4) is 0 Å². The van der Waals surface area contributed by atoms with E-state index in [1.54, 1.807) is 0 Å². The lowest BCUT2D eigenvalue weighted by Crippen LogP contribution is -2.58. The number of fused-ring (bicyclic) bond motifs is 3. The average molecular weight is 431 g/mol. The molecular formula is C28H38N4. The lowest BCUT2D eigenvalue weighted by molar-refractivity contribution is 0.194. The van der Waals surface area contributed by atoms with Gasteiger partial charge in [0.1, 0.15) is 0 Å². The summed E-state index contributed by atoms with van der Waals surface area (Å²) in [6, 6.07) is 11.2. The topological polar surface area (TPSA) is 49.3 Å². The maximum atomic E-state index is 4.64. The van der Waals surface area contributed by atoms with Crippen molar-refractivity contribution in [3.63, 3.8) is 0 Å². The number of likely N-dealkylation sites (N-methyl/N-ethyl adjacent to an activating group) is 2. The highest BCUT2D eigenvalue weighted by Gasteiger charge is 2.50. The van der Waals surface area contributed by atoms with E-state index < -0.39 is 0 Å². The number of hydrogen-bond acceptors (Lipinski definition) is 4. The smallest absolute Gasteiger partial charge is 0.0659 e. The van der Waals surface area contributed by atoms with Gasteiger partial charge >= 0.3 is 0 Å². The van der Waals surface area contributed by atoms with E-state index in [9.17, 15) is 0 Å². The molecule has 0 saturated heterocycles. The Morgan fingerprint density at radius 1 is 1.16 bits per heavy atom. The fourth-order valence-electron chi connectivity index (χ4n) is 5.90. The van der Waals surface area contributed by atoms with Gasteiger partial charge in [0.2, 0.25) is 0 Å². The number of aromatic nitrogens is 1. The van der Waals surface area contributed by atoms with Crippen LogP contribution in [0.15, 0.2) is 47.6 Å². The number of benzene rings is 1. The van der Waals surface area contributed by atoms with Crippen molar-refractivity contribution in [1.29, 1.82) is 0 Å². The number of allylic oxidation sites excluding steroid dienone is 2. The van der Waals surface area contributed by atoms with Crippen LogP contribution < -0.4 is 10.6 Å². The van der Waals surface area contributed by atoms with Crippen molar-refractivity contribution in [2.24, 2.45) is 16.8 Å². The fraction of sp³-hybridized carbons (Fsp3) is 0.500. The van der Waals surface area contributed by atoms with Gasteiger partial charge in [0.15, 0.2) is 0 Å². The van der Waals surface area contributed by atoms with Gasteiger partial charge in [-0.05, 0) is 111 Å². The first-order chi connectivity index (χ1) is 15.5. The summed E-state index contributed by atoms with van der Waals surface area (Å²) in [5, 5.41) is 7.43. The molecule has 3 atom stereocenters. The SMILES string of the molecule is CCNC[C@]1(NC)[C@@H]2CC[C@H]1Cc1ccc(C(/C=C(\C)c3ccc(C)cn3)=NC)cc1C2. The standard InChI is InChI=1S/C28H38N4/c1-6-31-18-28(30-5)24-10-11-25(28)16-23-14-22(9-8-21(23)15-24)27(29-4)13-20(3)26-12-7-19(2)17-32-26/h7-9,12-14,17,24-25,30-31H,6,10-11,15-16,18H2,1-5H3/b20-13+,29-27?/t24-,25+,28+/m0/s1. The van der Waals surface area contributed by atoms with E-state index in [2.05, 4.69) is 84.8 Å². The lowest BCUT2D eigenvalue weighted by atomic mass is 9.79. The zero-order valence-electron chi connectivity index (χ0n) is 20.3. The van der Waals surface area contributed by atoms with Crippen LogP contribution in [0.4, 0.5) is 0 Å². The monoisotopic (exact) mass is 430 g/mol. The summed E-state index contributed by atoms with van der Waals surface area (Å²) in [5.74, 6) is 1.36. The van der Waals surface area contributed by atoms with Crippen LogP contribution in [-0.4, -0.2) is 43.4 Å². The predicted octanol–water partition coefficient (Wildman–Crippen LogP) is 4.60. The van der Waals surface area contributed by atoms with E-state index in [0.29, 0.717) is 11.8 Å². The van der Waals surface area contributed by atoms with Crippen LogP contribution in [0.25, 0.3) is 5.57 Å². The molecule has 0 unspecified atom stereocenters. The largest absolute Gasteiger partial charge is 0.315 e. The van der Waals surface area contributed by atoms with Gasteiger partial charge in [-0.3, -0.25) is 9.98 Å². The summed E-state index contributed by atoms with van der Waals surface area (Å²) >= 11 is 0. The lowest BCUT2D eigenvalue weighted by Gasteiger charge is -2.39. The number of aliphatic imine (C=N–C) groups is 1. The van der Waals surface area contributed by atoms with E-state index in [-0.39, 0.29) is 5.54 Å². The molecule has 1 aromatic carbocycles. The first-order valence-electron chi connectivity index (χ1n) is 12.1. The van der Waals surface area contributed by atoms with Gasteiger partial charge in [-0.15, -0.1) is 0 Å². The Hall–Kier alpha value is -2.30. The molecule has 2 bridgehead atoms. The van der Waals surface area contributed by atoms with E-state index in [4.69, 9.17) is 0 Å². The fourth-order valence-corrected chi connectivity index (χ4v) is 5.90. The number of aryl methyl sites for hydroxylation is 1. The van der Waals surface area contributed by atoms with E-state index >= 15 is 0 Å². The molecule has 170 valence electrons. The maximum absolute atomic E-state index is 4.64. The molecule has 1 heterocycles. The molecule has 1 fully saturated rings. The summed E-state index contributed by atoms with van der Waals surface area (Å²) in [5.41, 5.74) is 8.78. The minimum atomic E-state index is 0.199. The van der Waals surface area contributed by atoms with Crippen LogP contribution in [0.2, 0.25) is 0 Å². The molecule has 2 aromatic rings. The van der Waals surface area contributed by atoms with Gasteiger partial charge in [0.05, 0.1) is 11.4 Å². The third-order valence-corrected chi connectivity index (χ3v) is 7.80. The molecule has 4 nitrogen and oxygen atoms in total. The Kier molecular flexibility index (Phi) is 6.92. The van der Waals surface area contributed by atoms with Crippen LogP contribution in [-0.2, 0) is 12.8 Å². The van der Waals surface area contributed by atoms with Crippen LogP contribution in [0.1, 0.15) is 54.6 Å². The Morgan fingerprint density at radius 3 is 2.53 bits per heavy atom. The minimum absolute atomic E-state index is 0.199. The molecule has 1 aromatic heterocycles. The third kappa shape index (κ3) is 4.31. The molecule has 0 aliphatic heterocycles. The molecule has 0 amide bonds. The number of rotatable bonds is 7. The van der Waals surface area contributed by atoms with E-state index in [0.717, 1.165) is 36.5 Å². The van der Waals surface area contributed by atoms with Crippen molar-refractivity contribution < 1.29 is 0 Å². The Morgan fingerprint density at radius 2 is 1.91 bits per heavy atom. The molecule has 4 rings (SSSR count). The molecule has 2 N–H and O–H groups in total. The zero-order valence-corrected chi connectivity index (χ0v) is 20.3. The van der Waals surface area contributed by atoms with Gasteiger partial charge in [0.25, 0.3) is 0 Å². The van der Waals surface area contributed by atoms with Crippen molar-refractivity contribution in [1.82, 2.24) is 15.6 Å². The highest BCUT2D eigenvalue weighted by molar-refractivity contribution is 6.12. The summed E-state index contributed by atoms with van der Waals surface area (Å²) in [4.78, 5) is 9.22. The normalized spacial score (nSPS) is 25.5. The summed E-state index contributed by atoms with van der Waals surface area (Å²) in [6.45, 7) is 8.48. The molecule has 4 heteroatoms. The summed E-state index contributed by atoms with van der Waals surface area (Å²) in [7, 11) is 4.05. The first-order valence-corrected chi connectivity index (χ1v) is 12.1. The molecule has 0 spiro atoms. The number of pyridine rings is 1. The second-order valence-electron chi connectivity index (χ2n) is 9.59. The zero-order chi connectivity index (χ0) is 22.7. The van der Waals surface area contributed by atoms with Crippen molar-refractivity contribution in [3.8, 4) is 0 Å². The molecular weight excluding hydrogens is 392 g/mol. The quantitative estimate of drug-likeness (QED) is 0.631. The van der Waals surface area contributed by atoms with E-state index in [1.165, 1.54) is 41.5 Å². The van der Waals surface area contributed by atoms with Crippen molar-refractivity contribution >= 4 is 11.3 Å². The molecule has 2 aliphatic carbocycles. The molecule has 1 saturated carbocycles. The predicted molar refractivity (Wildman–Crippen MR) is 135 cm³/mol. The first kappa shape index (κ1) is 22.9. The summed E-state index contributed by atoms with van der Waals surface area (Å²) < 4.78 is 0. The van der Waals surface area contributed by atoms with Gasteiger partial charge in [-0.1, -0.05) is 25.1 Å². The summed E-state index contributed by atoms with van der Waals surface area (Å²) in [6.07, 6.45) is 9.04. The molecule has 2 aliphatic rings. The van der Waals surface area contributed by atoms with Gasteiger partial charge in [-0.2, -0.15) is 0 Å². The average Bonchev–Trinajstić information content (AvgIpc) is 3.06. The van der Waals surface area contributed by atoms with E-state index in [1.807, 2.05) is 13.2 Å². The van der Waals surface area contributed by atoms with Gasteiger partial charge < -0.3 is 10.6 Å². The highest BCUT2D eigenvalue weighted by atomic mass is 15.0. The molecule has 0 radical (unpaired) electrons. The second kappa shape index (κ2) is 9.68. The Bertz CT molecular complexity index is 1000. The van der Waals surface area contributed by atoms with Crippen molar-refractivity contribution in [2.45, 2.75) is 52.0 Å². The third-order valence-electron chi connectivity index (χ3n) is 7.80. The van der Waals surface area contributed by atoms with Crippen LogP contribution in [0.5, 0.6) is 0 Å². The minimum Gasteiger partial charge on any atom is -0.315 e. The number of nitrogens with zero attached hydrogens (tertiary/aromatic N) is 2. The second-order valence-corrected chi connectivity index (χ2v) is 9.59. The van der Waals surface area contributed by atoms with Crippen LogP contribution in [0, 0.1) is 18.8 Å².